The van der Waals surface area contributed by atoms with Gasteiger partial charge in [0.05, 0.1) is 0 Å². The first-order valence-electron chi connectivity index (χ1n) is 8.60. The van der Waals surface area contributed by atoms with Crippen molar-refractivity contribution in [2.24, 2.45) is 5.73 Å². The lowest BCUT2D eigenvalue weighted by molar-refractivity contribution is 0.0734. The van der Waals surface area contributed by atoms with E-state index in [4.69, 9.17) is 10.2 Å². The molecule has 1 fully saturated rings. The Morgan fingerprint density at radius 2 is 1.92 bits per heavy atom. The zero-order chi connectivity index (χ0) is 17.4. The van der Waals surface area contributed by atoms with Crippen LogP contribution in [0.15, 0.2) is 52.9 Å². The number of fused-ring (bicyclic) bond motifs is 1. The highest BCUT2D eigenvalue weighted by molar-refractivity contribution is 5.94. The van der Waals surface area contributed by atoms with Crippen LogP contribution in [0, 0.1) is 0 Å². The average Bonchev–Trinajstić information content (AvgIpc) is 3.26. The third kappa shape index (κ3) is 3.03. The zero-order valence-corrected chi connectivity index (χ0v) is 14.2. The number of nitrogens with two attached hydrogens (primary N) is 1. The molecule has 4 rings (SSSR count). The summed E-state index contributed by atoms with van der Waals surface area (Å²) in [6, 6.07) is 15.5. The van der Waals surface area contributed by atoms with Crippen LogP contribution in [0.2, 0.25) is 0 Å². The molecule has 5 nitrogen and oxygen atoms in total. The van der Waals surface area contributed by atoms with Crippen LogP contribution in [0.4, 0.5) is 0 Å². The fourth-order valence-electron chi connectivity index (χ4n) is 3.46. The number of oxazole rings is 1. The van der Waals surface area contributed by atoms with Crippen LogP contribution in [0.3, 0.4) is 0 Å². The van der Waals surface area contributed by atoms with Gasteiger partial charge in [0.1, 0.15) is 5.52 Å². The summed E-state index contributed by atoms with van der Waals surface area (Å²) >= 11 is 0. The summed E-state index contributed by atoms with van der Waals surface area (Å²) in [5.74, 6) is 0.596. The molecule has 0 bridgehead atoms. The highest BCUT2D eigenvalue weighted by Gasteiger charge is 2.28. The number of aromatic nitrogens is 1. The normalized spacial score (nSPS) is 20.1. The van der Waals surface area contributed by atoms with Crippen molar-refractivity contribution in [2.75, 3.05) is 7.05 Å². The van der Waals surface area contributed by atoms with Gasteiger partial charge < -0.3 is 15.1 Å². The molecule has 0 unspecified atom stereocenters. The van der Waals surface area contributed by atoms with Crippen molar-refractivity contribution in [1.29, 1.82) is 0 Å². The Kier molecular flexibility index (Phi) is 4.01. The fraction of sp³-hybridized carbons (Fsp3) is 0.300. The van der Waals surface area contributed by atoms with E-state index in [1.54, 1.807) is 0 Å². The van der Waals surface area contributed by atoms with E-state index in [1.807, 2.05) is 60.5 Å². The predicted molar refractivity (Wildman–Crippen MR) is 97.2 cm³/mol. The number of nitrogens with zero attached hydrogens (tertiary/aromatic N) is 2. The second kappa shape index (κ2) is 6.33. The number of hydrogen-bond acceptors (Lipinski definition) is 4. The quantitative estimate of drug-likeness (QED) is 0.796. The van der Waals surface area contributed by atoms with Gasteiger partial charge in [0.25, 0.3) is 5.91 Å². The van der Waals surface area contributed by atoms with Gasteiger partial charge in [-0.3, -0.25) is 4.79 Å². The lowest BCUT2D eigenvalue weighted by Crippen LogP contribution is -2.36. The molecule has 0 spiro atoms. The van der Waals surface area contributed by atoms with Crippen LogP contribution in [-0.2, 0) is 0 Å². The smallest absolute Gasteiger partial charge is 0.253 e. The Labute approximate surface area is 146 Å². The molecule has 2 atom stereocenters. The SMILES string of the molecule is CN(C(=O)c1ccc(-c2nc3ccccc3o2)cc1)[C@@H]1CC[C@@H](N)C1. The van der Waals surface area contributed by atoms with E-state index in [9.17, 15) is 4.79 Å². The third-order valence-corrected chi connectivity index (χ3v) is 4.99. The van der Waals surface area contributed by atoms with Crippen molar-refractivity contribution in [2.45, 2.75) is 31.3 Å². The summed E-state index contributed by atoms with van der Waals surface area (Å²) in [7, 11) is 1.86. The largest absolute Gasteiger partial charge is 0.436 e. The van der Waals surface area contributed by atoms with Gasteiger partial charge in [-0.25, -0.2) is 4.98 Å². The molecule has 1 aliphatic rings. The first kappa shape index (κ1) is 15.8. The summed E-state index contributed by atoms with van der Waals surface area (Å²) in [5.41, 5.74) is 9.08. The maximum absolute atomic E-state index is 12.7. The summed E-state index contributed by atoms with van der Waals surface area (Å²) in [4.78, 5) is 19.0. The minimum atomic E-state index is 0.0308. The molecule has 2 N–H and O–H groups in total. The minimum absolute atomic E-state index is 0.0308. The van der Waals surface area contributed by atoms with Gasteiger partial charge in [-0.1, -0.05) is 12.1 Å². The molecule has 1 aliphatic carbocycles. The first-order chi connectivity index (χ1) is 12.1. The van der Waals surface area contributed by atoms with Crippen molar-refractivity contribution >= 4 is 17.0 Å². The van der Waals surface area contributed by atoms with Gasteiger partial charge in [-0.2, -0.15) is 0 Å². The van der Waals surface area contributed by atoms with Gasteiger partial charge in [-0.05, 0) is 55.7 Å². The van der Waals surface area contributed by atoms with E-state index in [0.29, 0.717) is 11.5 Å². The Balaban J connectivity index is 1.54. The van der Waals surface area contributed by atoms with Crippen molar-refractivity contribution in [3.8, 4) is 11.5 Å². The van der Waals surface area contributed by atoms with Gasteiger partial charge in [0.2, 0.25) is 5.89 Å². The zero-order valence-electron chi connectivity index (χ0n) is 14.2. The molecule has 1 amide bonds. The van der Waals surface area contributed by atoms with E-state index >= 15 is 0 Å². The third-order valence-electron chi connectivity index (χ3n) is 4.99. The minimum Gasteiger partial charge on any atom is -0.436 e. The molecular formula is C20H21N3O2. The number of hydrogen-bond donors (Lipinski definition) is 1. The van der Waals surface area contributed by atoms with Crippen molar-refractivity contribution in [3.05, 3.63) is 54.1 Å². The van der Waals surface area contributed by atoms with Crippen LogP contribution in [0.25, 0.3) is 22.6 Å². The monoisotopic (exact) mass is 335 g/mol. The lowest BCUT2D eigenvalue weighted by Gasteiger charge is -2.24. The molecule has 3 aromatic rings. The Morgan fingerprint density at radius 3 is 2.60 bits per heavy atom. The summed E-state index contributed by atoms with van der Waals surface area (Å²) < 4.78 is 5.77. The maximum Gasteiger partial charge on any atom is 0.253 e. The molecule has 0 aliphatic heterocycles. The number of carbonyl (C=O) groups excluding carboxylic acids is 1. The van der Waals surface area contributed by atoms with Gasteiger partial charge in [0.15, 0.2) is 5.58 Å². The molecule has 1 heterocycles. The fourth-order valence-corrected chi connectivity index (χ4v) is 3.46. The topological polar surface area (TPSA) is 72.4 Å². The van der Waals surface area contributed by atoms with Crippen LogP contribution in [0.5, 0.6) is 0 Å². The molecule has 1 saturated carbocycles. The van der Waals surface area contributed by atoms with Crippen LogP contribution in [-0.4, -0.2) is 34.9 Å². The second-order valence-electron chi connectivity index (χ2n) is 6.71. The first-order valence-corrected chi connectivity index (χ1v) is 8.60. The predicted octanol–water partition coefficient (Wildman–Crippen LogP) is 3.45. The van der Waals surface area contributed by atoms with E-state index in [-0.39, 0.29) is 18.0 Å². The van der Waals surface area contributed by atoms with E-state index in [0.717, 1.165) is 35.9 Å². The Bertz CT molecular complexity index is 868. The molecule has 0 saturated heterocycles. The number of para-hydroxylation sites is 2. The van der Waals surface area contributed by atoms with Gasteiger partial charge in [-0.15, -0.1) is 0 Å². The molecule has 25 heavy (non-hydrogen) atoms. The number of amides is 1. The van der Waals surface area contributed by atoms with Crippen LogP contribution >= 0.6 is 0 Å². The summed E-state index contributed by atoms with van der Waals surface area (Å²) in [6.45, 7) is 0. The average molecular weight is 335 g/mol. The molecule has 0 radical (unpaired) electrons. The van der Waals surface area contributed by atoms with E-state index in [1.165, 1.54) is 0 Å². The summed E-state index contributed by atoms with van der Waals surface area (Å²) in [5, 5.41) is 0. The Morgan fingerprint density at radius 1 is 1.16 bits per heavy atom. The highest BCUT2D eigenvalue weighted by Crippen LogP contribution is 2.26. The lowest BCUT2D eigenvalue weighted by atomic mass is 10.1. The number of benzene rings is 2. The standard InChI is InChI=1S/C20H21N3O2/c1-23(16-11-10-15(21)12-16)20(24)14-8-6-13(7-9-14)19-22-17-4-2-3-5-18(17)25-19/h2-9,15-16H,10-12,21H2,1H3/t15-,16-/m1/s1. The van der Waals surface area contributed by atoms with E-state index in [2.05, 4.69) is 4.98 Å². The van der Waals surface area contributed by atoms with Crippen LogP contribution < -0.4 is 5.73 Å². The van der Waals surface area contributed by atoms with Crippen molar-refractivity contribution in [3.63, 3.8) is 0 Å². The Hall–Kier alpha value is -2.66. The second-order valence-corrected chi connectivity index (χ2v) is 6.71. The van der Waals surface area contributed by atoms with Crippen molar-refractivity contribution < 1.29 is 9.21 Å². The number of rotatable bonds is 3. The maximum atomic E-state index is 12.7. The van der Waals surface area contributed by atoms with E-state index < -0.39 is 0 Å². The molecule has 128 valence electrons. The van der Waals surface area contributed by atoms with Gasteiger partial charge in [0, 0.05) is 30.3 Å². The summed E-state index contributed by atoms with van der Waals surface area (Å²) in [6.07, 6.45) is 2.84. The van der Waals surface area contributed by atoms with Gasteiger partial charge >= 0.3 is 0 Å². The molecular weight excluding hydrogens is 314 g/mol. The van der Waals surface area contributed by atoms with Crippen molar-refractivity contribution in [1.82, 2.24) is 9.88 Å². The molecule has 2 aromatic carbocycles. The highest BCUT2D eigenvalue weighted by atomic mass is 16.3. The number of carbonyl (C=O) groups is 1. The molecule has 1 aromatic heterocycles. The molecule has 5 heteroatoms. The van der Waals surface area contributed by atoms with Crippen LogP contribution in [0.1, 0.15) is 29.6 Å².